The lowest BCUT2D eigenvalue weighted by Gasteiger charge is -2.16. The highest BCUT2D eigenvalue weighted by Gasteiger charge is 2.21. The van der Waals surface area contributed by atoms with Gasteiger partial charge in [0.2, 0.25) is 0 Å². The van der Waals surface area contributed by atoms with Crippen molar-refractivity contribution >= 4 is 49.9 Å². The first-order valence-corrected chi connectivity index (χ1v) is 8.39. The van der Waals surface area contributed by atoms with E-state index in [9.17, 15) is 0 Å². The molecule has 3 nitrogen and oxygen atoms in total. The highest BCUT2D eigenvalue weighted by molar-refractivity contribution is 9.10. The molecule has 2 heterocycles. The molecule has 0 aliphatic heterocycles. The summed E-state index contributed by atoms with van der Waals surface area (Å²) in [6.45, 7) is 4.08. The number of hydrogen-bond donors (Lipinski definition) is 0. The molecule has 6 heteroatoms. The van der Waals surface area contributed by atoms with Crippen LogP contribution in [0.1, 0.15) is 36.1 Å². The Labute approximate surface area is 134 Å². The number of rotatable bonds is 3. The minimum absolute atomic E-state index is 0.123. The van der Waals surface area contributed by atoms with E-state index in [1.54, 1.807) is 11.3 Å². The number of thiazole rings is 1. The molecule has 0 spiro atoms. The van der Waals surface area contributed by atoms with Crippen LogP contribution in [-0.2, 0) is 0 Å². The molecule has 1 aromatic carbocycles. The first kappa shape index (κ1) is 14.0. The number of alkyl halides is 1. The lowest BCUT2D eigenvalue weighted by atomic mass is 10.2. The van der Waals surface area contributed by atoms with E-state index in [4.69, 9.17) is 11.6 Å². The van der Waals surface area contributed by atoms with Gasteiger partial charge in [-0.05, 0) is 32.0 Å². The largest absolute Gasteiger partial charge is 0.317 e. The molecule has 0 saturated heterocycles. The molecule has 0 radical (unpaired) electrons. The Morgan fingerprint density at radius 1 is 1.35 bits per heavy atom. The van der Waals surface area contributed by atoms with Gasteiger partial charge in [0, 0.05) is 16.0 Å². The van der Waals surface area contributed by atoms with E-state index in [0.29, 0.717) is 0 Å². The first-order valence-electron chi connectivity index (χ1n) is 6.28. The summed E-state index contributed by atoms with van der Waals surface area (Å²) < 4.78 is 3.20. The smallest absolute Gasteiger partial charge is 0.128 e. The Morgan fingerprint density at radius 2 is 2.15 bits per heavy atom. The number of hydrogen-bond acceptors (Lipinski definition) is 3. The van der Waals surface area contributed by atoms with E-state index in [1.165, 1.54) is 0 Å². The van der Waals surface area contributed by atoms with Gasteiger partial charge in [0.25, 0.3) is 0 Å². The summed E-state index contributed by atoms with van der Waals surface area (Å²) in [5, 5.41) is 2.90. The standard InChI is InChI=1S/C14H13BrClN3S/c1-8(16)13-18-11-7-10(15)3-4-12(11)19(13)9(2)14-17-5-6-20-14/h3-9H,1-2H3. The van der Waals surface area contributed by atoms with Crippen LogP contribution in [0.15, 0.2) is 34.2 Å². The molecule has 0 saturated carbocycles. The molecule has 104 valence electrons. The average Bonchev–Trinajstić information content (AvgIpc) is 3.04. The van der Waals surface area contributed by atoms with Crippen molar-refractivity contribution in [1.82, 2.24) is 14.5 Å². The van der Waals surface area contributed by atoms with Crippen LogP contribution in [0.2, 0.25) is 0 Å². The minimum Gasteiger partial charge on any atom is -0.317 e. The second kappa shape index (κ2) is 5.47. The maximum atomic E-state index is 6.31. The van der Waals surface area contributed by atoms with Crippen molar-refractivity contribution in [3.8, 4) is 0 Å². The van der Waals surface area contributed by atoms with E-state index in [0.717, 1.165) is 26.3 Å². The lowest BCUT2D eigenvalue weighted by molar-refractivity contribution is 0.615. The van der Waals surface area contributed by atoms with E-state index >= 15 is 0 Å². The Hall–Kier alpha value is -0.910. The summed E-state index contributed by atoms with van der Waals surface area (Å²) in [7, 11) is 0. The van der Waals surface area contributed by atoms with Crippen LogP contribution in [-0.4, -0.2) is 14.5 Å². The fourth-order valence-corrected chi connectivity index (χ4v) is 3.52. The van der Waals surface area contributed by atoms with E-state index in [2.05, 4.69) is 43.5 Å². The molecular formula is C14H13BrClN3S. The van der Waals surface area contributed by atoms with Crippen molar-refractivity contribution in [2.75, 3.05) is 0 Å². The lowest BCUT2D eigenvalue weighted by Crippen LogP contribution is -2.11. The van der Waals surface area contributed by atoms with Gasteiger partial charge in [-0.2, -0.15) is 0 Å². The Bertz CT molecular complexity index is 736. The van der Waals surface area contributed by atoms with Crippen molar-refractivity contribution in [2.45, 2.75) is 25.3 Å². The number of nitrogens with zero attached hydrogens (tertiary/aromatic N) is 3. The number of fused-ring (bicyclic) bond motifs is 1. The van der Waals surface area contributed by atoms with Gasteiger partial charge < -0.3 is 4.57 Å². The second-order valence-electron chi connectivity index (χ2n) is 4.64. The molecule has 20 heavy (non-hydrogen) atoms. The highest BCUT2D eigenvalue weighted by Crippen LogP contribution is 2.32. The monoisotopic (exact) mass is 369 g/mol. The predicted molar refractivity (Wildman–Crippen MR) is 87.6 cm³/mol. The zero-order valence-electron chi connectivity index (χ0n) is 11.0. The zero-order chi connectivity index (χ0) is 14.3. The number of halogens is 2. The van der Waals surface area contributed by atoms with Crippen molar-refractivity contribution in [3.05, 3.63) is 45.1 Å². The van der Waals surface area contributed by atoms with Gasteiger partial charge in [-0.1, -0.05) is 15.9 Å². The molecule has 0 fully saturated rings. The van der Waals surface area contributed by atoms with Crippen LogP contribution in [0.3, 0.4) is 0 Å². The van der Waals surface area contributed by atoms with Crippen LogP contribution >= 0.6 is 38.9 Å². The molecule has 0 aliphatic carbocycles. The third kappa shape index (κ3) is 2.38. The Balaban J connectivity index is 2.24. The molecule has 2 atom stereocenters. The normalized spacial score (nSPS) is 14.6. The minimum atomic E-state index is -0.149. The van der Waals surface area contributed by atoms with Crippen molar-refractivity contribution in [1.29, 1.82) is 0 Å². The predicted octanol–water partition coefficient (Wildman–Crippen LogP) is 5.16. The Kier molecular flexibility index (Phi) is 3.84. The Morgan fingerprint density at radius 3 is 2.80 bits per heavy atom. The third-order valence-corrected chi connectivity index (χ3v) is 4.86. The van der Waals surface area contributed by atoms with Gasteiger partial charge in [0.05, 0.1) is 22.5 Å². The molecule has 0 bridgehead atoms. The quantitative estimate of drug-likeness (QED) is 0.596. The van der Waals surface area contributed by atoms with Gasteiger partial charge in [0.1, 0.15) is 10.8 Å². The SMILES string of the molecule is CC(Cl)c1nc2cc(Br)ccc2n1C(C)c1nccs1. The first-order chi connectivity index (χ1) is 9.58. The maximum absolute atomic E-state index is 6.31. The molecule has 0 aliphatic rings. The summed E-state index contributed by atoms with van der Waals surface area (Å²) >= 11 is 11.4. The van der Waals surface area contributed by atoms with E-state index in [1.807, 2.05) is 30.6 Å². The van der Waals surface area contributed by atoms with Crippen LogP contribution in [0.5, 0.6) is 0 Å². The van der Waals surface area contributed by atoms with Crippen molar-refractivity contribution < 1.29 is 0 Å². The fraction of sp³-hybridized carbons (Fsp3) is 0.286. The summed E-state index contributed by atoms with van der Waals surface area (Å²) in [6.07, 6.45) is 1.83. The molecular weight excluding hydrogens is 358 g/mol. The molecule has 3 rings (SSSR count). The molecule has 2 aromatic heterocycles. The topological polar surface area (TPSA) is 30.7 Å². The summed E-state index contributed by atoms with van der Waals surface area (Å²) in [5.41, 5.74) is 2.03. The fourth-order valence-electron chi connectivity index (χ4n) is 2.33. The number of benzene rings is 1. The number of aromatic nitrogens is 3. The van der Waals surface area contributed by atoms with Crippen molar-refractivity contribution in [3.63, 3.8) is 0 Å². The van der Waals surface area contributed by atoms with E-state index in [-0.39, 0.29) is 11.4 Å². The highest BCUT2D eigenvalue weighted by atomic mass is 79.9. The van der Waals surface area contributed by atoms with Crippen molar-refractivity contribution in [2.24, 2.45) is 0 Å². The number of imidazole rings is 1. The molecule has 0 N–H and O–H groups in total. The maximum Gasteiger partial charge on any atom is 0.128 e. The van der Waals surface area contributed by atoms with Gasteiger partial charge >= 0.3 is 0 Å². The molecule has 2 unspecified atom stereocenters. The van der Waals surface area contributed by atoms with Gasteiger partial charge in [-0.25, -0.2) is 9.97 Å². The molecule has 3 aromatic rings. The van der Waals surface area contributed by atoms with Gasteiger partial charge in [-0.3, -0.25) is 0 Å². The summed E-state index contributed by atoms with van der Waals surface area (Å²) in [6, 6.07) is 6.23. The van der Waals surface area contributed by atoms with Gasteiger partial charge in [0.15, 0.2) is 0 Å². The van der Waals surface area contributed by atoms with E-state index < -0.39 is 0 Å². The van der Waals surface area contributed by atoms with Crippen LogP contribution in [0, 0.1) is 0 Å². The summed E-state index contributed by atoms with van der Waals surface area (Å²) in [4.78, 5) is 9.10. The van der Waals surface area contributed by atoms with Crippen LogP contribution < -0.4 is 0 Å². The molecule has 0 amide bonds. The third-order valence-electron chi connectivity index (χ3n) is 3.23. The average molecular weight is 371 g/mol. The van der Waals surface area contributed by atoms with Crippen LogP contribution in [0.25, 0.3) is 11.0 Å². The summed E-state index contributed by atoms with van der Waals surface area (Å²) in [5.74, 6) is 0.877. The van der Waals surface area contributed by atoms with Gasteiger partial charge in [-0.15, -0.1) is 22.9 Å². The second-order valence-corrected chi connectivity index (χ2v) is 7.13. The van der Waals surface area contributed by atoms with Crippen LogP contribution in [0.4, 0.5) is 0 Å². The zero-order valence-corrected chi connectivity index (χ0v) is 14.2.